The van der Waals surface area contributed by atoms with Gasteiger partial charge in [0.25, 0.3) is 10.1 Å². The third kappa shape index (κ3) is 25.7. The molecule has 116 valence electrons. The van der Waals surface area contributed by atoms with Crippen molar-refractivity contribution in [2.24, 2.45) is 10.8 Å². The lowest BCUT2D eigenvalue weighted by Gasteiger charge is -2.06. The van der Waals surface area contributed by atoms with Crippen molar-refractivity contribution in [1.29, 1.82) is 0 Å². The first-order valence-electron chi connectivity index (χ1n) is 6.22. The molecule has 0 unspecified atom stereocenters. The Hall–Kier alpha value is -1.01. The second kappa shape index (κ2) is 9.02. The molecule has 0 amide bonds. The lowest BCUT2D eigenvalue weighted by atomic mass is 9.98. The fraction of sp³-hybridized carbons (Fsp3) is 0.733. The van der Waals surface area contributed by atoms with Gasteiger partial charge in [-0.3, -0.25) is 4.18 Å². The smallest absolute Gasteiger partial charge is 0.265 e. The van der Waals surface area contributed by atoms with Crippen LogP contribution in [0.2, 0.25) is 0 Å². The van der Waals surface area contributed by atoms with Gasteiger partial charge in [-0.05, 0) is 41.5 Å². The Balaban J connectivity index is 0. The minimum absolute atomic E-state index is 0.0305. The van der Waals surface area contributed by atoms with Gasteiger partial charge in [0.05, 0.1) is 6.26 Å². The summed E-state index contributed by atoms with van der Waals surface area (Å²) < 4.78 is 25.4. The summed E-state index contributed by atoms with van der Waals surface area (Å²) in [6.07, 6.45) is 1.01. The van der Waals surface area contributed by atoms with Crippen molar-refractivity contribution in [2.75, 3.05) is 19.5 Å². The first-order valence-corrected chi connectivity index (χ1v) is 8.04. The van der Waals surface area contributed by atoms with Crippen molar-refractivity contribution in [3.8, 4) is 23.7 Å². The zero-order valence-corrected chi connectivity index (χ0v) is 14.3. The number of hydrogen-bond donors (Lipinski definition) is 1. The highest BCUT2D eigenvalue weighted by molar-refractivity contribution is 7.85. The molecule has 0 atom stereocenters. The molecule has 0 radical (unpaired) electrons. The standard InChI is InChI=1S/C8H14O3S.C7H12O/c1-8(2,3)6-5-7-11-12(4,9)10;1-7(2,3)5-4-6-8/h7H2,1-4H3;8H,6H2,1-3H3. The summed E-state index contributed by atoms with van der Waals surface area (Å²) in [5.74, 6) is 11.0. The van der Waals surface area contributed by atoms with E-state index in [1.54, 1.807) is 0 Å². The van der Waals surface area contributed by atoms with Gasteiger partial charge in [-0.15, -0.1) is 0 Å². The minimum Gasteiger partial charge on any atom is -0.384 e. The van der Waals surface area contributed by atoms with Gasteiger partial charge in [0, 0.05) is 10.8 Å². The van der Waals surface area contributed by atoms with Crippen molar-refractivity contribution >= 4 is 10.1 Å². The Kier molecular flexibility index (Phi) is 9.61. The molecule has 5 heteroatoms. The molecular weight excluding hydrogens is 276 g/mol. The van der Waals surface area contributed by atoms with Crippen LogP contribution < -0.4 is 0 Å². The molecule has 0 aliphatic carbocycles. The highest BCUT2D eigenvalue weighted by Crippen LogP contribution is 2.09. The van der Waals surface area contributed by atoms with Crippen LogP contribution in [0.25, 0.3) is 0 Å². The fourth-order valence-corrected chi connectivity index (χ4v) is 1.02. The van der Waals surface area contributed by atoms with Crippen LogP contribution in [0.5, 0.6) is 0 Å². The third-order valence-electron chi connectivity index (χ3n) is 1.35. The Morgan fingerprint density at radius 1 is 0.950 bits per heavy atom. The average molecular weight is 302 g/mol. The zero-order valence-electron chi connectivity index (χ0n) is 13.5. The summed E-state index contributed by atoms with van der Waals surface area (Å²) in [7, 11) is -3.34. The lowest BCUT2D eigenvalue weighted by molar-refractivity contribution is 0.350. The van der Waals surface area contributed by atoms with Gasteiger partial charge in [0.1, 0.15) is 13.2 Å². The predicted octanol–water partition coefficient (Wildman–Crippen LogP) is 2.04. The summed E-state index contributed by atoms with van der Waals surface area (Å²) >= 11 is 0. The van der Waals surface area contributed by atoms with Gasteiger partial charge >= 0.3 is 0 Å². The van der Waals surface area contributed by atoms with Gasteiger partial charge in [-0.1, -0.05) is 23.7 Å². The van der Waals surface area contributed by atoms with E-state index in [-0.39, 0.29) is 24.0 Å². The summed E-state index contributed by atoms with van der Waals surface area (Å²) in [5, 5.41) is 8.26. The topological polar surface area (TPSA) is 63.6 Å². The average Bonchev–Trinajstić information content (AvgIpc) is 2.19. The SMILES string of the molecule is CC(C)(C)C#CCO.CC(C)(C)C#CCOS(C)(=O)=O. The number of rotatable bonds is 2. The summed E-state index contributed by atoms with van der Waals surface area (Å²) in [6.45, 7) is 11.8. The van der Waals surface area contributed by atoms with Crippen LogP contribution in [0.3, 0.4) is 0 Å². The molecule has 0 fully saturated rings. The Morgan fingerprint density at radius 3 is 1.60 bits per heavy atom. The molecule has 0 rings (SSSR count). The van der Waals surface area contributed by atoms with E-state index in [2.05, 4.69) is 27.9 Å². The van der Waals surface area contributed by atoms with Gasteiger partial charge in [0.2, 0.25) is 0 Å². The monoisotopic (exact) mass is 302 g/mol. The van der Waals surface area contributed by atoms with Crippen molar-refractivity contribution < 1.29 is 17.7 Å². The van der Waals surface area contributed by atoms with Crippen molar-refractivity contribution in [2.45, 2.75) is 41.5 Å². The Labute approximate surface area is 124 Å². The van der Waals surface area contributed by atoms with E-state index in [4.69, 9.17) is 5.11 Å². The molecule has 1 N–H and O–H groups in total. The van der Waals surface area contributed by atoms with E-state index < -0.39 is 10.1 Å². The third-order valence-corrected chi connectivity index (χ3v) is 1.90. The Bertz CT molecular complexity index is 482. The Morgan fingerprint density at radius 2 is 1.35 bits per heavy atom. The second-order valence-electron chi connectivity index (χ2n) is 6.23. The van der Waals surface area contributed by atoms with Gasteiger partial charge in [0.15, 0.2) is 0 Å². The minimum atomic E-state index is -3.34. The quantitative estimate of drug-likeness (QED) is 0.626. The maximum atomic E-state index is 10.5. The van der Waals surface area contributed by atoms with Crippen molar-refractivity contribution in [3.05, 3.63) is 0 Å². The molecule has 0 aromatic heterocycles. The number of aliphatic hydroxyl groups excluding tert-OH is 1. The van der Waals surface area contributed by atoms with Crippen LogP contribution >= 0.6 is 0 Å². The van der Waals surface area contributed by atoms with Crippen molar-refractivity contribution in [1.82, 2.24) is 0 Å². The molecule has 0 bridgehead atoms. The predicted molar refractivity (Wildman–Crippen MR) is 82.3 cm³/mol. The van der Waals surface area contributed by atoms with Gasteiger partial charge < -0.3 is 5.11 Å². The van der Waals surface area contributed by atoms with Crippen LogP contribution in [-0.2, 0) is 14.3 Å². The molecule has 0 saturated heterocycles. The summed E-state index contributed by atoms with van der Waals surface area (Å²) in [6, 6.07) is 0. The molecule has 0 aromatic carbocycles. The van der Waals surface area contributed by atoms with Crippen molar-refractivity contribution in [3.63, 3.8) is 0 Å². The first kappa shape index (κ1) is 21.3. The van der Waals surface area contributed by atoms with E-state index in [1.165, 1.54) is 0 Å². The molecule has 0 aliphatic heterocycles. The van der Waals surface area contributed by atoms with Crippen LogP contribution in [0.4, 0.5) is 0 Å². The van der Waals surface area contributed by atoms with E-state index in [0.717, 1.165) is 6.26 Å². The van der Waals surface area contributed by atoms with Crippen LogP contribution in [0.1, 0.15) is 41.5 Å². The highest BCUT2D eigenvalue weighted by Gasteiger charge is 2.03. The maximum absolute atomic E-state index is 10.5. The van der Waals surface area contributed by atoms with E-state index in [1.807, 2.05) is 41.5 Å². The zero-order chi connectivity index (χ0) is 16.4. The molecular formula is C15H26O4S. The molecule has 4 nitrogen and oxygen atoms in total. The van der Waals surface area contributed by atoms with Gasteiger partial charge in [-0.2, -0.15) is 8.42 Å². The number of hydrogen-bond acceptors (Lipinski definition) is 4. The normalized spacial score (nSPS) is 11.2. The van der Waals surface area contributed by atoms with Crippen LogP contribution in [0.15, 0.2) is 0 Å². The molecule has 20 heavy (non-hydrogen) atoms. The first-order chi connectivity index (χ1) is 8.77. The summed E-state index contributed by atoms with van der Waals surface area (Å²) in [5.41, 5.74) is -0.0798. The molecule has 0 saturated carbocycles. The second-order valence-corrected chi connectivity index (χ2v) is 7.87. The maximum Gasteiger partial charge on any atom is 0.265 e. The number of aliphatic hydroxyl groups is 1. The van der Waals surface area contributed by atoms with E-state index in [9.17, 15) is 8.42 Å². The van der Waals surface area contributed by atoms with E-state index in [0.29, 0.717) is 0 Å². The molecule has 0 aliphatic rings. The van der Waals surface area contributed by atoms with E-state index >= 15 is 0 Å². The summed E-state index contributed by atoms with van der Waals surface area (Å²) in [4.78, 5) is 0. The fourth-order valence-electron chi connectivity index (χ4n) is 0.742. The highest BCUT2D eigenvalue weighted by atomic mass is 32.2. The molecule has 0 heterocycles. The largest absolute Gasteiger partial charge is 0.384 e. The molecule has 0 aromatic rings. The van der Waals surface area contributed by atoms with Gasteiger partial charge in [-0.25, -0.2) is 0 Å². The lowest BCUT2D eigenvalue weighted by Crippen LogP contribution is -2.04. The van der Waals surface area contributed by atoms with Crippen LogP contribution in [-0.4, -0.2) is 33.0 Å². The van der Waals surface area contributed by atoms with Crippen LogP contribution in [0, 0.1) is 34.5 Å². The molecule has 0 spiro atoms.